The first-order valence-corrected chi connectivity index (χ1v) is 12.0. The monoisotopic (exact) mass is 465 g/mol. The van der Waals surface area contributed by atoms with Crippen LogP contribution < -0.4 is 0 Å². The van der Waals surface area contributed by atoms with Crippen molar-refractivity contribution in [3.8, 4) is 11.4 Å². The summed E-state index contributed by atoms with van der Waals surface area (Å²) in [5.74, 6) is 2.50. The van der Waals surface area contributed by atoms with Crippen molar-refractivity contribution in [2.24, 2.45) is 0 Å². The van der Waals surface area contributed by atoms with Crippen molar-refractivity contribution >= 4 is 23.4 Å². The van der Waals surface area contributed by atoms with Crippen molar-refractivity contribution in [1.82, 2.24) is 14.8 Å². The summed E-state index contributed by atoms with van der Waals surface area (Å²) in [4.78, 5) is 0. The standard InChI is InChI=1S/C26H28ClN3OS/c1-17-13-20(26(3,4)5)14-18(2)23(17)16-32-25-29-28-24(19-8-10-21(27)11-9-19)30(25)15-22-7-6-12-31-22/h6-14H,15-16H2,1-5H3. The van der Waals surface area contributed by atoms with E-state index in [0.29, 0.717) is 11.6 Å². The van der Waals surface area contributed by atoms with Crippen LogP contribution in [-0.4, -0.2) is 14.8 Å². The Hall–Kier alpha value is -2.50. The number of nitrogens with zero attached hydrogens (tertiary/aromatic N) is 3. The van der Waals surface area contributed by atoms with Gasteiger partial charge in [0.25, 0.3) is 0 Å². The van der Waals surface area contributed by atoms with Crippen LogP contribution >= 0.6 is 23.4 Å². The number of hydrogen-bond acceptors (Lipinski definition) is 4. The number of hydrogen-bond donors (Lipinski definition) is 0. The molecule has 2 aromatic carbocycles. The van der Waals surface area contributed by atoms with Crippen LogP contribution in [0, 0.1) is 13.8 Å². The highest BCUT2D eigenvalue weighted by molar-refractivity contribution is 7.98. The molecule has 0 saturated carbocycles. The summed E-state index contributed by atoms with van der Waals surface area (Å²) in [6, 6.07) is 16.2. The summed E-state index contributed by atoms with van der Waals surface area (Å²) >= 11 is 7.79. The maximum atomic E-state index is 6.08. The molecule has 0 bridgehead atoms. The summed E-state index contributed by atoms with van der Waals surface area (Å²) < 4.78 is 7.72. The molecule has 166 valence electrons. The molecular weight excluding hydrogens is 438 g/mol. The number of halogens is 1. The van der Waals surface area contributed by atoms with Gasteiger partial charge in [0.15, 0.2) is 11.0 Å². The zero-order chi connectivity index (χ0) is 22.9. The van der Waals surface area contributed by atoms with Gasteiger partial charge in [0, 0.05) is 16.3 Å². The van der Waals surface area contributed by atoms with Gasteiger partial charge in [-0.25, -0.2) is 0 Å². The number of aryl methyl sites for hydroxylation is 2. The Morgan fingerprint density at radius 3 is 2.28 bits per heavy atom. The van der Waals surface area contributed by atoms with Crippen LogP contribution in [0.5, 0.6) is 0 Å². The molecule has 32 heavy (non-hydrogen) atoms. The predicted molar refractivity (Wildman–Crippen MR) is 132 cm³/mol. The molecule has 2 aromatic heterocycles. The molecule has 4 aromatic rings. The Morgan fingerprint density at radius 2 is 1.69 bits per heavy atom. The molecule has 6 heteroatoms. The van der Waals surface area contributed by atoms with Gasteiger partial charge in [-0.3, -0.25) is 4.57 Å². The third-order valence-electron chi connectivity index (χ3n) is 5.62. The number of thioether (sulfide) groups is 1. The van der Waals surface area contributed by atoms with E-state index in [4.69, 9.17) is 16.0 Å². The lowest BCUT2D eigenvalue weighted by Gasteiger charge is -2.22. The van der Waals surface area contributed by atoms with E-state index in [1.54, 1.807) is 18.0 Å². The van der Waals surface area contributed by atoms with Gasteiger partial charge in [0.1, 0.15) is 5.76 Å². The van der Waals surface area contributed by atoms with Crippen LogP contribution in [0.3, 0.4) is 0 Å². The lowest BCUT2D eigenvalue weighted by atomic mass is 9.84. The smallest absolute Gasteiger partial charge is 0.192 e. The van der Waals surface area contributed by atoms with E-state index in [-0.39, 0.29) is 5.41 Å². The van der Waals surface area contributed by atoms with Gasteiger partial charge in [-0.05, 0) is 77.9 Å². The topological polar surface area (TPSA) is 43.9 Å². The minimum absolute atomic E-state index is 0.137. The van der Waals surface area contributed by atoms with Crippen molar-refractivity contribution in [1.29, 1.82) is 0 Å². The molecule has 2 heterocycles. The van der Waals surface area contributed by atoms with Crippen molar-refractivity contribution in [2.45, 2.75) is 57.5 Å². The summed E-state index contributed by atoms with van der Waals surface area (Å²) in [6.45, 7) is 11.7. The van der Waals surface area contributed by atoms with E-state index in [1.807, 2.05) is 36.4 Å². The molecule has 4 rings (SSSR count). The molecule has 4 nitrogen and oxygen atoms in total. The Morgan fingerprint density at radius 1 is 1.00 bits per heavy atom. The van der Waals surface area contributed by atoms with Crippen LogP contribution in [0.15, 0.2) is 64.4 Å². The lowest BCUT2D eigenvalue weighted by Crippen LogP contribution is -2.12. The highest BCUT2D eigenvalue weighted by Crippen LogP contribution is 2.32. The molecule has 0 aliphatic carbocycles. The number of aromatic nitrogens is 3. The number of furan rings is 1. The van der Waals surface area contributed by atoms with Gasteiger partial charge in [0.2, 0.25) is 0 Å². The highest BCUT2D eigenvalue weighted by atomic mass is 35.5. The first-order valence-electron chi connectivity index (χ1n) is 10.7. The van der Waals surface area contributed by atoms with Crippen LogP contribution in [0.4, 0.5) is 0 Å². The average Bonchev–Trinajstić information content (AvgIpc) is 3.38. The molecule has 0 unspecified atom stereocenters. The SMILES string of the molecule is Cc1cc(C(C)(C)C)cc(C)c1CSc1nnc(-c2ccc(Cl)cc2)n1Cc1ccco1. The summed E-state index contributed by atoms with van der Waals surface area (Å²) in [7, 11) is 0. The normalized spacial score (nSPS) is 11.8. The predicted octanol–water partition coefficient (Wildman–Crippen LogP) is 7.45. The van der Waals surface area contributed by atoms with Crippen LogP contribution in [0.25, 0.3) is 11.4 Å². The van der Waals surface area contributed by atoms with Gasteiger partial charge < -0.3 is 4.42 Å². The van der Waals surface area contributed by atoms with Gasteiger partial charge in [-0.15, -0.1) is 10.2 Å². The molecule has 0 fully saturated rings. The summed E-state index contributed by atoms with van der Waals surface area (Å²) in [6.07, 6.45) is 1.69. The van der Waals surface area contributed by atoms with Crippen molar-refractivity contribution in [3.63, 3.8) is 0 Å². The Balaban J connectivity index is 1.65. The third kappa shape index (κ3) is 4.94. The first kappa shape index (κ1) is 22.7. The molecule has 0 radical (unpaired) electrons. The maximum Gasteiger partial charge on any atom is 0.192 e. The second-order valence-electron chi connectivity index (χ2n) is 9.11. The van der Waals surface area contributed by atoms with Gasteiger partial charge >= 0.3 is 0 Å². The lowest BCUT2D eigenvalue weighted by molar-refractivity contribution is 0.485. The second-order valence-corrected chi connectivity index (χ2v) is 10.5. The molecule has 0 aliphatic heterocycles. The quantitative estimate of drug-likeness (QED) is 0.277. The van der Waals surface area contributed by atoms with E-state index in [2.05, 4.69) is 61.5 Å². The van der Waals surface area contributed by atoms with E-state index in [0.717, 1.165) is 28.1 Å². The molecule has 0 N–H and O–H groups in total. The van der Waals surface area contributed by atoms with E-state index >= 15 is 0 Å². The summed E-state index contributed by atoms with van der Waals surface area (Å²) in [5, 5.41) is 10.6. The number of benzene rings is 2. The molecule has 0 amide bonds. The Labute approximate surface area is 199 Å². The fraction of sp³-hybridized carbons (Fsp3) is 0.308. The van der Waals surface area contributed by atoms with Gasteiger partial charge in [0.05, 0.1) is 12.8 Å². The Bertz CT molecular complexity index is 1180. The summed E-state index contributed by atoms with van der Waals surface area (Å²) in [5.41, 5.74) is 6.46. The van der Waals surface area contributed by atoms with Crippen molar-refractivity contribution in [3.05, 3.63) is 87.8 Å². The van der Waals surface area contributed by atoms with Crippen LogP contribution in [-0.2, 0) is 17.7 Å². The van der Waals surface area contributed by atoms with E-state index < -0.39 is 0 Å². The zero-order valence-electron chi connectivity index (χ0n) is 19.1. The van der Waals surface area contributed by atoms with Gasteiger partial charge in [-0.1, -0.05) is 56.3 Å². The Kier molecular flexibility index (Phi) is 6.50. The van der Waals surface area contributed by atoms with Crippen molar-refractivity contribution in [2.75, 3.05) is 0 Å². The molecule has 0 saturated heterocycles. The largest absolute Gasteiger partial charge is 0.467 e. The van der Waals surface area contributed by atoms with E-state index in [1.165, 1.54) is 22.3 Å². The second kappa shape index (κ2) is 9.16. The first-order chi connectivity index (χ1) is 15.2. The van der Waals surface area contributed by atoms with Crippen LogP contribution in [0.2, 0.25) is 5.02 Å². The molecule has 0 spiro atoms. The molecule has 0 atom stereocenters. The third-order valence-corrected chi connectivity index (χ3v) is 6.87. The highest BCUT2D eigenvalue weighted by Gasteiger charge is 2.19. The van der Waals surface area contributed by atoms with E-state index in [9.17, 15) is 0 Å². The molecular formula is C26H28ClN3OS. The maximum absolute atomic E-state index is 6.08. The molecule has 0 aliphatic rings. The van der Waals surface area contributed by atoms with Crippen molar-refractivity contribution < 1.29 is 4.42 Å². The van der Waals surface area contributed by atoms with Crippen LogP contribution in [0.1, 0.15) is 48.8 Å². The minimum Gasteiger partial charge on any atom is -0.467 e. The fourth-order valence-corrected chi connectivity index (χ4v) is 4.96. The zero-order valence-corrected chi connectivity index (χ0v) is 20.7. The average molecular weight is 466 g/mol. The van der Waals surface area contributed by atoms with Gasteiger partial charge in [-0.2, -0.15) is 0 Å². The minimum atomic E-state index is 0.137. The fourth-order valence-electron chi connectivity index (χ4n) is 3.70. The number of rotatable bonds is 6.